The van der Waals surface area contributed by atoms with E-state index < -0.39 is 12.1 Å². The minimum atomic E-state index is -0.870. The predicted octanol–water partition coefficient (Wildman–Crippen LogP) is 1.94. The Bertz CT molecular complexity index is 590. The van der Waals surface area contributed by atoms with E-state index in [2.05, 4.69) is 5.32 Å². The van der Waals surface area contributed by atoms with Gasteiger partial charge in [0.05, 0.1) is 11.3 Å². The highest BCUT2D eigenvalue weighted by Crippen LogP contribution is 2.24. The Morgan fingerprint density at radius 3 is 2.54 bits per heavy atom. The van der Waals surface area contributed by atoms with Crippen LogP contribution in [0.1, 0.15) is 30.6 Å². The number of carbonyl (C=O) groups is 3. The summed E-state index contributed by atoms with van der Waals surface area (Å²) in [6.45, 7) is 4.02. The van der Waals surface area contributed by atoms with Gasteiger partial charge in [0.25, 0.3) is 5.91 Å². The van der Waals surface area contributed by atoms with Crippen LogP contribution < -0.4 is 5.32 Å². The van der Waals surface area contributed by atoms with Crippen LogP contribution in [0.4, 0.5) is 0 Å². The van der Waals surface area contributed by atoms with Crippen molar-refractivity contribution in [1.29, 1.82) is 0 Å². The zero-order valence-corrected chi connectivity index (χ0v) is 15.3. The summed E-state index contributed by atoms with van der Waals surface area (Å²) < 4.78 is 5.23. The number of rotatable bonds is 8. The van der Waals surface area contributed by atoms with Crippen LogP contribution in [0.15, 0.2) is 29.2 Å². The Labute approximate surface area is 146 Å². The maximum Gasteiger partial charge on any atom is 0.340 e. The van der Waals surface area contributed by atoms with Crippen molar-refractivity contribution in [3.63, 3.8) is 0 Å². The molecule has 132 valence electrons. The molecule has 7 heteroatoms. The molecule has 0 aliphatic heterocycles. The molecule has 1 N–H and O–H groups in total. The second kappa shape index (κ2) is 9.97. The first kappa shape index (κ1) is 20.0. The highest BCUT2D eigenvalue weighted by molar-refractivity contribution is 8.00. The molecular weight excluding hydrogens is 328 g/mol. The molecule has 1 aromatic rings. The largest absolute Gasteiger partial charge is 0.449 e. The monoisotopic (exact) mass is 352 g/mol. The average Bonchev–Trinajstić information content (AvgIpc) is 2.57. The van der Waals surface area contributed by atoms with Gasteiger partial charge in [0.15, 0.2) is 6.10 Å². The summed E-state index contributed by atoms with van der Waals surface area (Å²) >= 11 is 1.27. The molecule has 2 amide bonds. The molecule has 1 aromatic carbocycles. The molecule has 0 aromatic heterocycles. The molecule has 0 saturated heterocycles. The zero-order valence-electron chi connectivity index (χ0n) is 14.5. The van der Waals surface area contributed by atoms with Gasteiger partial charge >= 0.3 is 5.97 Å². The summed E-state index contributed by atoms with van der Waals surface area (Å²) in [6, 6.07) is 6.89. The molecule has 0 heterocycles. The Balaban J connectivity index is 2.73. The van der Waals surface area contributed by atoms with Gasteiger partial charge in [-0.05, 0) is 25.5 Å². The molecule has 0 fully saturated rings. The van der Waals surface area contributed by atoms with Crippen molar-refractivity contribution in [2.24, 2.45) is 0 Å². The third-order valence-electron chi connectivity index (χ3n) is 3.16. The normalized spacial score (nSPS) is 11.5. The maximum atomic E-state index is 12.3. The van der Waals surface area contributed by atoms with Crippen LogP contribution in [-0.4, -0.2) is 55.2 Å². The van der Waals surface area contributed by atoms with Crippen LogP contribution in [0.25, 0.3) is 0 Å². The second-order valence-corrected chi connectivity index (χ2v) is 6.43. The van der Waals surface area contributed by atoms with Gasteiger partial charge in [0.2, 0.25) is 5.91 Å². The van der Waals surface area contributed by atoms with Gasteiger partial charge in [-0.1, -0.05) is 19.1 Å². The molecule has 0 spiro atoms. The zero-order chi connectivity index (χ0) is 18.1. The van der Waals surface area contributed by atoms with Gasteiger partial charge in [-0.2, -0.15) is 0 Å². The number of carbonyl (C=O) groups excluding carboxylic acids is 3. The number of thioether (sulfide) groups is 1. The van der Waals surface area contributed by atoms with E-state index in [0.717, 1.165) is 6.42 Å². The summed E-state index contributed by atoms with van der Waals surface area (Å²) in [6.07, 6.45) is -0.0586. The Hall–Kier alpha value is -2.02. The van der Waals surface area contributed by atoms with Crippen LogP contribution >= 0.6 is 11.8 Å². The Morgan fingerprint density at radius 1 is 1.25 bits per heavy atom. The number of ether oxygens (including phenoxy) is 1. The highest BCUT2D eigenvalue weighted by Gasteiger charge is 2.20. The van der Waals surface area contributed by atoms with Crippen molar-refractivity contribution in [2.45, 2.75) is 31.3 Å². The number of amides is 2. The third kappa shape index (κ3) is 6.23. The van der Waals surface area contributed by atoms with E-state index in [1.54, 1.807) is 38.4 Å². The van der Waals surface area contributed by atoms with Crippen molar-refractivity contribution in [3.05, 3.63) is 29.8 Å². The number of hydrogen-bond donors (Lipinski definition) is 1. The molecular formula is C17H24N2O4S. The molecule has 6 nitrogen and oxygen atoms in total. The lowest BCUT2D eigenvalue weighted by molar-refractivity contribution is -0.129. The Morgan fingerprint density at radius 2 is 1.92 bits per heavy atom. The van der Waals surface area contributed by atoms with E-state index in [-0.39, 0.29) is 17.6 Å². The molecule has 0 unspecified atom stereocenters. The molecule has 0 bridgehead atoms. The van der Waals surface area contributed by atoms with E-state index >= 15 is 0 Å². The molecule has 0 radical (unpaired) electrons. The number of hydrogen-bond acceptors (Lipinski definition) is 5. The summed E-state index contributed by atoms with van der Waals surface area (Å²) in [5.74, 6) is -0.716. The minimum Gasteiger partial charge on any atom is -0.449 e. The fourth-order valence-electron chi connectivity index (χ4n) is 1.70. The maximum absolute atomic E-state index is 12.3. The van der Waals surface area contributed by atoms with Crippen molar-refractivity contribution in [2.75, 3.05) is 26.4 Å². The van der Waals surface area contributed by atoms with Crippen LogP contribution in [0.3, 0.4) is 0 Å². The fourth-order valence-corrected chi connectivity index (χ4v) is 2.72. The summed E-state index contributed by atoms with van der Waals surface area (Å²) in [4.78, 5) is 38.0. The number of esters is 1. The van der Waals surface area contributed by atoms with Gasteiger partial charge in [-0.15, -0.1) is 11.8 Å². The molecule has 1 rings (SSSR count). The summed E-state index contributed by atoms with van der Waals surface area (Å²) in [7, 11) is 3.36. The molecule has 24 heavy (non-hydrogen) atoms. The van der Waals surface area contributed by atoms with Gasteiger partial charge in [0, 0.05) is 25.5 Å². The predicted molar refractivity (Wildman–Crippen MR) is 94.0 cm³/mol. The van der Waals surface area contributed by atoms with Crippen molar-refractivity contribution in [1.82, 2.24) is 10.2 Å². The molecule has 0 aliphatic rings. The van der Waals surface area contributed by atoms with Gasteiger partial charge in [-0.25, -0.2) is 4.79 Å². The molecule has 0 saturated carbocycles. The molecule has 0 aliphatic carbocycles. The number of nitrogens with zero attached hydrogens (tertiary/aromatic N) is 1. The van der Waals surface area contributed by atoms with E-state index in [4.69, 9.17) is 4.74 Å². The van der Waals surface area contributed by atoms with E-state index in [0.29, 0.717) is 17.0 Å². The van der Waals surface area contributed by atoms with Gasteiger partial charge in [-0.3, -0.25) is 9.59 Å². The Kier molecular flexibility index (Phi) is 8.32. The van der Waals surface area contributed by atoms with Crippen molar-refractivity contribution in [3.8, 4) is 0 Å². The van der Waals surface area contributed by atoms with E-state index in [1.165, 1.54) is 23.6 Å². The lowest BCUT2D eigenvalue weighted by Crippen LogP contribution is -2.36. The summed E-state index contributed by atoms with van der Waals surface area (Å²) in [5.41, 5.74) is 0.351. The van der Waals surface area contributed by atoms with Gasteiger partial charge < -0.3 is 15.0 Å². The topological polar surface area (TPSA) is 75.7 Å². The van der Waals surface area contributed by atoms with Crippen molar-refractivity contribution >= 4 is 29.5 Å². The lowest BCUT2D eigenvalue weighted by atomic mass is 10.2. The van der Waals surface area contributed by atoms with E-state index in [9.17, 15) is 14.4 Å². The first-order valence-electron chi connectivity index (χ1n) is 7.77. The number of nitrogens with one attached hydrogen (secondary N) is 1. The van der Waals surface area contributed by atoms with E-state index in [1.807, 2.05) is 6.92 Å². The van der Waals surface area contributed by atoms with Crippen LogP contribution in [0.2, 0.25) is 0 Å². The average molecular weight is 352 g/mol. The lowest BCUT2D eigenvalue weighted by Gasteiger charge is -2.15. The highest BCUT2D eigenvalue weighted by atomic mass is 32.2. The second-order valence-electron chi connectivity index (χ2n) is 5.41. The molecule has 1 atom stereocenters. The van der Waals surface area contributed by atoms with Crippen molar-refractivity contribution < 1.29 is 19.1 Å². The van der Waals surface area contributed by atoms with Gasteiger partial charge in [0.1, 0.15) is 0 Å². The first-order chi connectivity index (χ1) is 11.4. The van der Waals surface area contributed by atoms with Crippen LogP contribution in [0, 0.1) is 0 Å². The quantitative estimate of drug-likeness (QED) is 0.572. The van der Waals surface area contributed by atoms with Crippen LogP contribution in [0.5, 0.6) is 0 Å². The SMILES string of the molecule is CCCNC(=O)[C@@H](C)OC(=O)c1ccccc1SCC(=O)N(C)C. The number of benzene rings is 1. The van der Waals surface area contributed by atoms with Crippen LogP contribution in [-0.2, 0) is 14.3 Å². The summed E-state index contributed by atoms with van der Waals surface area (Å²) in [5, 5.41) is 2.68. The standard InChI is InChI=1S/C17H24N2O4S/c1-5-10-18-16(21)12(2)23-17(22)13-8-6-7-9-14(13)24-11-15(20)19(3)4/h6-9,12H,5,10-11H2,1-4H3,(H,18,21)/t12-/m1/s1. The first-order valence-corrected chi connectivity index (χ1v) is 8.76. The smallest absolute Gasteiger partial charge is 0.340 e. The third-order valence-corrected chi connectivity index (χ3v) is 4.22. The fraction of sp³-hybridized carbons (Fsp3) is 0.471. The minimum absolute atomic E-state index is 0.0459.